The zero-order valence-corrected chi connectivity index (χ0v) is 13.3. The Kier molecular flexibility index (Phi) is 3.92. The fourth-order valence-electron chi connectivity index (χ4n) is 2.87. The molecule has 1 aliphatic rings. The molecule has 1 fully saturated rings. The fraction of sp³-hybridized carbons (Fsp3) is 0.294. The van der Waals surface area contributed by atoms with Crippen LogP contribution in [-0.4, -0.2) is 42.0 Å². The Balaban J connectivity index is 1.88. The lowest BCUT2D eigenvalue weighted by atomic mass is 9.99. The van der Waals surface area contributed by atoms with Crippen molar-refractivity contribution in [2.45, 2.75) is 13.0 Å². The summed E-state index contributed by atoms with van der Waals surface area (Å²) in [7, 11) is 2.02. The number of amides is 1. The van der Waals surface area contributed by atoms with E-state index in [2.05, 4.69) is 15.2 Å². The van der Waals surface area contributed by atoms with E-state index in [0.717, 1.165) is 29.8 Å². The molecular formula is C17H21N5O. The third-order valence-electron chi connectivity index (χ3n) is 4.12. The summed E-state index contributed by atoms with van der Waals surface area (Å²) in [4.78, 5) is 18.7. The van der Waals surface area contributed by atoms with Crippen molar-refractivity contribution in [1.29, 1.82) is 0 Å². The van der Waals surface area contributed by atoms with Gasteiger partial charge >= 0.3 is 0 Å². The van der Waals surface area contributed by atoms with Crippen LogP contribution >= 0.6 is 0 Å². The number of aryl methyl sites for hydroxylation is 1. The normalized spacial score (nSPS) is 15.2. The van der Waals surface area contributed by atoms with Gasteiger partial charge in [-0.05, 0) is 43.3 Å². The van der Waals surface area contributed by atoms with E-state index >= 15 is 0 Å². The van der Waals surface area contributed by atoms with Crippen LogP contribution < -0.4 is 16.8 Å². The minimum absolute atomic E-state index is 0.175. The van der Waals surface area contributed by atoms with Gasteiger partial charge in [0.05, 0.1) is 11.6 Å². The summed E-state index contributed by atoms with van der Waals surface area (Å²) in [5.74, 6) is 0.0649. The van der Waals surface area contributed by atoms with Crippen LogP contribution in [0.1, 0.15) is 15.9 Å². The molecule has 1 aromatic heterocycles. The van der Waals surface area contributed by atoms with Crippen molar-refractivity contribution < 1.29 is 4.79 Å². The summed E-state index contributed by atoms with van der Waals surface area (Å²) in [6.45, 7) is 3.69. The van der Waals surface area contributed by atoms with Crippen molar-refractivity contribution in [3.05, 3.63) is 41.6 Å². The first-order valence-corrected chi connectivity index (χ1v) is 7.55. The number of likely N-dealkylation sites (N-methyl/N-ethyl adjacent to an activating group) is 1. The molecule has 5 N–H and O–H groups in total. The van der Waals surface area contributed by atoms with Gasteiger partial charge in [-0.25, -0.2) is 4.98 Å². The molecule has 120 valence electrons. The molecule has 0 saturated carbocycles. The van der Waals surface area contributed by atoms with Gasteiger partial charge in [-0.1, -0.05) is 6.07 Å². The third-order valence-corrected chi connectivity index (χ3v) is 4.12. The second-order valence-electron chi connectivity index (χ2n) is 6.12. The zero-order chi connectivity index (χ0) is 16.6. The number of nitrogen functional groups attached to an aromatic ring is 2. The predicted molar refractivity (Wildman–Crippen MR) is 92.0 cm³/mol. The van der Waals surface area contributed by atoms with Gasteiger partial charge in [-0.15, -0.1) is 0 Å². The Labute approximate surface area is 135 Å². The first-order valence-electron chi connectivity index (χ1n) is 7.55. The van der Waals surface area contributed by atoms with Crippen molar-refractivity contribution in [2.24, 2.45) is 0 Å². The Morgan fingerprint density at radius 2 is 2.04 bits per heavy atom. The minimum atomic E-state index is -0.178. The van der Waals surface area contributed by atoms with Crippen LogP contribution in [-0.2, 0) is 0 Å². The monoisotopic (exact) mass is 311 g/mol. The zero-order valence-electron chi connectivity index (χ0n) is 13.3. The lowest BCUT2D eigenvalue weighted by molar-refractivity contribution is 0.0858. The van der Waals surface area contributed by atoms with Gasteiger partial charge in [-0.2, -0.15) is 0 Å². The molecule has 2 heterocycles. The smallest absolute Gasteiger partial charge is 0.255 e. The van der Waals surface area contributed by atoms with E-state index in [1.165, 1.54) is 0 Å². The maximum Gasteiger partial charge on any atom is 0.255 e. The Bertz CT molecular complexity index is 753. The Hall–Kier alpha value is -2.60. The van der Waals surface area contributed by atoms with Gasteiger partial charge in [0.25, 0.3) is 5.91 Å². The number of rotatable bonds is 3. The molecule has 1 aliphatic heterocycles. The van der Waals surface area contributed by atoms with E-state index < -0.39 is 0 Å². The van der Waals surface area contributed by atoms with Gasteiger partial charge in [-0.3, -0.25) is 4.79 Å². The molecule has 1 amide bonds. The van der Waals surface area contributed by atoms with E-state index in [-0.39, 0.29) is 17.8 Å². The van der Waals surface area contributed by atoms with Gasteiger partial charge in [0, 0.05) is 30.5 Å². The number of likely N-dealkylation sites (tertiary alicyclic amines) is 1. The van der Waals surface area contributed by atoms with E-state index in [9.17, 15) is 4.79 Å². The van der Waals surface area contributed by atoms with E-state index in [0.29, 0.717) is 11.3 Å². The lowest BCUT2D eigenvalue weighted by Gasteiger charge is -2.36. The third kappa shape index (κ3) is 3.12. The number of anilines is 2. The molecule has 0 bridgehead atoms. The van der Waals surface area contributed by atoms with Crippen molar-refractivity contribution in [3.8, 4) is 11.1 Å². The second kappa shape index (κ2) is 5.89. The van der Waals surface area contributed by atoms with Crippen molar-refractivity contribution in [3.63, 3.8) is 0 Å². The summed E-state index contributed by atoms with van der Waals surface area (Å²) >= 11 is 0. The number of hydrogen-bond acceptors (Lipinski definition) is 5. The van der Waals surface area contributed by atoms with E-state index in [4.69, 9.17) is 11.5 Å². The molecule has 1 aromatic carbocycles. The van der Waals surface area contributed by atoms with Crippen LogP contribution in [0.15, 0.2) is 30.5 Å². The number of nitrogens with zero attached hydrogens (tertiary/aromatic N) is 2. The van der Waals surface area contributed by atoms with Crippen molar-refractivity contribution in [1.82, 2.24) is 15.2 Å². The molecular weight excluding hydrogens is 290 g/mol. The van der Waals surface area contributed by atoms with Crippen LogP contribution in [0.2, 0.25) is 0 Å². The molecule has 1 saturated heterocycles. The highest BCUT2D eigenvalue weighted by Gasteiger charge is 2.26. The summed E-state index contributed by atoms with van der Waals surface area (Å²) in [6.07, 6.45) is 1.68. The van der Waals surface area contributed by atoms with Crippen LogP contribution in [0.3, 0.4) is 0 Å². The lowest BCUT2D eigenvalue weighted by Crippen LogP contribution is -2.57. The fourth-order valence-corrected chi connectivity index (χ4v) is 2.87. The first-order chi connectivity index (χ1) is 10.9. The van der Waals surface area contributed by atoms with Gasteiger partial charge < -0.3 is 21.7 Å². The quantitative estimate of drug-likeness (QED) is 0.742. The van der Waals surface area contributed by atoms with E-state index in [1.807, 2.05) is 32.2 Å². The first kappa shape index (κ1) is 15.3. The number of nitrogens with one attached hydrogen (secondary N) is 1. The molecule has 0 aliphatic carbocycles. The largest absolute Gasteiger partial charge is 0.399 e. The molecule has 2 aromatic rings. The second-order valence-corrected chi connectivity index (χ2v) is 6.12. The van der Waals surface area contributed by atoms with Crippen molar-refractivity contribution >= 4 is 17.4 Å². The molecule has 6 heteroatoms. The maximum absolute atomic E-state index is 12.4. The number of hydrogen-bond donors (Lipinski definition) is 3. The molecule has 0 spiro atoms. The van der Waals surface area contributed by atoms with Crippen molar-refractivity contribution in [2.75, 3.05) is 31.6 Å². The average molecular weight is 311 g/mol. The number of nitrogens with two attached hydrogens (primary N) is 2. The number of aromatic nitrogens is 1. The van der Waals surface area contributed by atoms with Crippen LogP contribution in [0.25, 0.3) is 11.1 Å². The van der Waals surface area contributed by atoms with Crippen LogP contribution in [0, 0.1) is 6.92 Å². The Morgan fingerprint density at radius 1 is 1.30 bits per heavy atom. The number of pyridine rings is 1. The highest BCUT2D eigenvalue weighted by atomic mass is 16.1. The maximum atomic E-state index is 12.4. The summed E-state index contributed by atoms with van der Waals surface area (Å²) in [5.41, 5.74) is 15.7. The van der Waals surface area contributed by atoms with Crippen LogP contribution in [0.4, 0.5) is 11.5 Å². The van der Waals surface area contributed by atoms with Crippen LogP contribution in [0.5, 0.6) is 0 Å². The van der Waals surface area contributed by atoms with Gasteiger partial charge in [0.1, 0.15) is 5.82 Å². The SMILES string of the molecule is Cc1cc(N)ccc1-c1cnc(N)c(C(=O)NC2CN(C)C2)c1. The number of carbonyl (C=O) groups is 1. The number of carbonyl (C=O) groups excluding carboxylic acids is 1. The van der Waals surface area contributed by atoms with E-state index in [1.54, 1.807) is 12.3 Å². The highest BCUT2D eigenvalue weighted by Crippen LogP contribution is 2.26. The molecule has 0 unspecified atom stereocenters. The topological polar surface area (TPSA) is 97.3 Å². The summed E-state index contributed by atoms with van der Waals surface area (Å²) in [6, 6.07) is 7.63. The Morgan fingerprint density at radius 3 is 2.70 bits per heavy atom. The van der Waals surface area contributed by atoms with Gasteiger partial charge in [0.2, 0.25) is 0 Å². The molecule has 0 radical (unpaired) electrons. The molecule has 0 atom stereocenters. The summed E-state index contributed by atoms with van der Waals surface area (Å²) in [5, 5.41) is 2.99. The number of benzene rings is 1. The summed E-state index contributed by atoms with van der Waals surface area (Å²) < 4.78 is 0. The van der Waals surface area contributed by atoms with Gasteiger partial charge in [0.15, 0.2) is 0 Å². The average Bonchev–Trinajstić information content (AvgIpc) is 2.46. The minimum Gasteiger partial charge on any atom is -0.399 e. The molecule has 6 nitrogen and oxygen atoms in total. The highest BCUT2D eigenvalue weighted by molar-refractivity contribution is 5.99. The molecule has 3 rings (SSSR count). The molecule has 23 heavy (non-hydrogen) atoms. The standard InChI is InChI=1S/C17H21N5O/c1-10-5-12(18)3-4-14(10)11-6-15(16(19)20-7-11)17(23)21-13-8-22(2)9-13/h3-7,13H,8-9,18H2,1-2H3,(H2,19,20)(H,21,23). The predicted octanol–water partition coefficient (Wildman–Crippen LogP) is 1.27.